The largest absolute Gasteiger partial charge is 0.379 e. The number of halogens is 1. The van der Waals surface area contributed by atoms with Gasteiger partial charge >= 0.3 is 0 Å². The number of nitrogens with one attached hydrogen (secondary N) is 1. The Morgan fingerprint density at radius 2 is 1.96 bits per heavy atom. The van der Waals surface area contributed by atoms with Gasteiger partial charge in [-0.15, -0.1) is 0 Å². The zero-order valence-corrected chi connectivity index (χ0v) is 13.8. The van der Waals surface area contributed by atoms with Crippen LogP contribution < -0.4 is 10.4 Å². The summed E-state index contributed by atoms with van der Waals surface area (Å²) in [5, 5.41) is 2.03. The molecule has 2 aliphatic heterocycles. The normalized spacial score (nSPS) is 22.4. The third kappa shape index (κ3) is 4.31. The molecule has 1 N–H and O–H groups in total. The fraction of sp³-hybridized carbons (Fsp3) is 0.556. The average Bonchev–Trinajstić information content (AvgIpc) is 3.00. The second kappa shape index (κ2) is 7.90. The molecule has 0 aromatic heterocycles. The van der Waals surface area contributed by atoms with Crippen molar-refractivity contribution in [1.82, 2.24) is 10.3 Å². The Balaban J connectivity index is 1.51. The van der Waals surface area contributed by atoms with E-state index in [-0.39, 0.29) is 5.82 Å². The lowest BCUT2D eigenvalue weighted by atomic mass is 10.0. The summed E-state index contributed by atoms with van der Waals surface area (Å²) in [7, 11) is 0. The Hall–Kier alpha value is -1.43. The van der Waals surface area contributed by atoms with E-state index in [9.17, 15) is 4.39 Å². The zero-order valence-electron chi connectivity index (χ0n) is 13.8. The van der Waals surface area contributed by atoms with Crippen LogP contribution in [0.1, 0.15) is 26.2 Å². The topological polar surface area (TPSA) is 27.7 Å². The predicted molar refractivity (Wildman–Crippen MR) is 90.7 cm³/mol. The van der Waals surface area contributed by atoms with Crippen LogP contribution in [0.15, 0.2) is 36.0 Å². The molecule has 0 saturated carbocycles. The van der Waals surface area contributed by atoms with Crippen LogP contribution in [0.2, 0.25) is 0 Å². The number of nitrogens with zero attached hydrogens (tertiary/aromatic N) is 2. The van der Waals surface area contributed by atoms with Gasteiger partial charge < -0.3 is 4.74 Å². The van der Waals surface area contributed by atoms with Crippen molar-refractivity contribution < 1.29 is 9.13 Å². The lowest BCUT2D eigenvalue weighted by molar-refractivity contribution is 0.0370. The molecule has 5 heteroatoms. The molecule has 2 aliphatic rings. The van der Waals surface area contributed by atoms with E-state index in [0.29, 0.717) is 6.04 Å². The summed E-state index contributed by atoms with van der Waals surface area (Å²) in [5.41, 5.74) is 5.93. The number of hydrogen-bond donors (Lipinski definition) is 1. The van der Waals surface area contributed by atoms with Gasteiger partial charge in [-0.2, -0.15) is 0 Å². The van der Waals surface area contributed by atoms with Crippen LogP contribution in [0.5, 0.6) is 0 Å². The number of morpholine rings is 1. The minimum Gasteiger partial charge on any atom is -0.379 e. The minimum absolute atomic E-state index is 0.199. The monoisotopic (exact) mass is 319 g/mol. The molecule has 0 bridgehead atoms. The maximum absolute atomic E-state index is 13.1. The average molecular weight is 319 g/mol. The summed E-state index contributed by atoms with van der Waals surface area (Å²) in [6.45, 7) is 7.15. The maximum atomic E-state index is 13.1. The minimum atomic E-state index is -0.199. The van der Waals surface area contributed by atoms with Crippen molar-refractivity contribution >= 4 is 5.69 Å². The molecule has 4 nitrogen and oxygen atoms in total. The van der Waals surface area contributed by atoms with E-state index in [2.05, 4.69) is 23.4 Å². The number of benzene rings is 1. The quantitative estimate of drug-likeness (QED) is 0.872. The van der Waals surface area contributed by atoms with Crippen molar-refractivity contribution in [1.29, 1.82) is 0 Å². The van der Waals surface area contributed by atoms with E-state index in [0.717, 1.165) is 51.4 Å². The van der Waals surface area contributed by atoms with E-state index in [1.807, 2.05) is 17.1 Å². The number of ether oxygens (including phenoxy) is 1. The second-order valence-electron chi connectivity index (χ2n) is 6.18. The Morgan fingerprint density at radius 3 is 2.65 bits per heavy atom. The van der Waals surface area contributed by atoms with Crippen LogP contribution >= 0.6 is 0 Å². The molecule has 1 unspecified atom stereocenters. The first kappa shape index (κ1) is 16.4. The molecule has 1 aromatic rings. The van der Waals surface area contributed by atoms with Crippen molar-refractivity contribution in [2.24, 2.45) is 0 Å². The first-order valence-corrected chi connectivity index (χ1v) is 8.58. The van der Waals surface area contributed by atoms with Gasteiger partial charge in [-0.3, -0.25) is 9.91 Å². The van der Waals surface area contributed by atoms with E-state index in [1.165, 1.54) is 24.1 Å². The Labute approximate surface area is 137 Å². The van der Waals surface area contributed by atoms with Gasteiger partial charge in [0.05, 0.1) is 18.9 Å². The summed E-state index contributed by atoms with van der Waals surface area (Å²) in [6.07, 6.45) is 5.49. The van der Waals surface area contributed by atoms with Crippen LogP contribution in [0.3, 0.4) is 0 Å². The van der Waals surface area contributed by atoms with Crippen LogP contribution in [-0.4, -0.2) is 43.8 Å². The van der Waals surface area contributed by atoms with Gasteiger partial charge in [-0.05, 0) is 55.6 Å². The highest BCUT2D eigenvalue weighted by molar-refractivity contribution is 5.51. The highest BCUT2D eigenvalue weighted by Gasteiger charge is 2.23. The highest BCUT2D eigenvalue weighted by Crippen LogP contribution is 2.25. The van der Waals surface area contributed by atoms with Gasteiger partial charge in [0.1, 0.15) is 5.82 Å². The molecule has 0 spiro atoms. The third-order valence-corrected chi connectivity index (χ3v) is 4.62. The van der Waals surface area contributed by atoms with E-state index in [4.69, 9.17) is 4.74 Å². The maximum Gasteiger partial charge on any atom is 0.123 e. The molecular weight excluding hydrogens is 293 g/mol. The second-order valence-corrected chi connectivity index (χ2v) is 6.18. The molecule has 1 fully saturated rings. The molecule has 0 amide bonds. The predicted octanol–water partition coefficient (Wildman–Crippen LogP) is 2.93. The van der Waals surface area contributed by atoms with Gasteiger partial charge in [0, 0.05) is 25.3 Å². The molecular formula is C18H26FN3O. The summed E-state index contributed by atoms with van der Waals surface area (Å²) in [6, 6.07) is 7.00. The number of rotatable bonds is 6. The van der Waals surface area contributed by atoms with Crippen LogP contribution in [0, 0.1) is 5.82 Å². The Kier molecular flexibility index (Phi) is 5.65. The van der Waals surface area contributed by atoms with E-state index >= 15 is 0 Å². The van der Waals surface area contributed by atoms with E-state index in [1.54, 1.807) is 0 Å². The van der Waals surface area contributed by atoms with Crippen molar-refractivity contribution in [3.63, 3.8) is 0 Å². The zero-order chi connectivity index (χ0) is 16.1. The number of hydrogen-bond acceptors (Lipinski definition) is 4. The SMILES string of the molecule is CCC1=CN(c2ccc(F)cc2)NC1CCCN1CCOCC1. The van der Waals surface area contributed by atoms with Gasteiger partial charge in [-0.25, -0.2) is 9.82 Å². The number of hydrazine groups is 1. The molecule has 0 aliphatic carbocycles. The van der Waals surface area contributed by atoms with Crippen molar-refractivity contribution in [3.05, 3.63) is 41.9 Å². The molecule has 1 atom stereocenters. The molecule has 23 heavy (non-hydrogen) atoms. The molecule has 126 valence electrons. The van der Waals surface area contributed by atoms with Crippen LogP contribution in [0.4, 0.5) is 10.1 Å². The smallest absolute Gasteiger partial charge is 0.123 e. The lowest BCUT2D eigenvalue weighted by Gasteiger charge is -2.27. The fourth-order valence-electron chi connectivity index (χ4n) is 3.23. The highest BCUT2D eigenvalue weighted by atomic mass is 19.1. The Morgan fingerprint density at radius 1 is 1.22 bits per heavy atom. The fourth-order valence-corrected chi connectivity index (χ4v) is 3.23. The third-order valence-electron chi connectivity index (χ3n) is 4.62. The van der Waals surface area contributed by atoms with Crippen molar-refractivity contribution in [3.8, 4) is 0 Å². The lowest BCUT2D eigenvalue weighted by Crippen LogP contribution is -2.39. The first-order valence-electron chi connectivity index (χ1n) is 8.58. The van der Waals surface area contributed by atoms with Crippen molar-refractivity contribution in [2.45, 2.75) is 32.2 Å². The molecule has 1 saturated heterocycles. The van der Waals surface area contributed by atoms with Crippen molar-refractivity contribution in [2.75, 3.05) is 37.9 Å². The van der Waals surface area contributed by atoms with Gasteiger partial charge in [-0.1, -0.05) is 6.92 Å². The van der Waals surface area contributed by atoms with Crippen LogP contribution in [-0.2, 0) is 4.74 Å². The standard InChI is InChI=1S/C18H26FN3O/c1-2-15-14-22(17-7-5-16(19)6-8-17)20-18(15)4-3-9-21-10-12-23-13-11-21/h5-8,14,18,20H,2-4,9-13H2,1H3. The summed E-state index contributed by atoms with van der Waals surface area (Å²) >= 11 is 0. The Bertz CT molecular complexity index is 526. The molecule has 3 rings (SSSR count). The number of anilines is 1. The summed E-state index contributed by atoms with van der Waals surface area (Å²) in [4.78, 5) is 2.48. The summed E-state index contributed by atoms with van der Waals surface area (Å²) in [5.74, 6) is -0.199. The van der Waals surface area contributed by atoms with Gasteiger partial charge in [0.2, 0.25) is 0 Å². The van der Waals surface area contributed by atoms with Gasteiger partial charge in [0.25, 0.3) is 0 Å². The van der Waals surface area contributed by atoms with E-state index < -0.39 is 0 Å². The first-order chi connectivity index (χ1) is 11.3. The molecule has 0 radical (unpaired) electrons. The summed E-state index contributed by atoms with van der Waals surface area (Å²) < 4.78 is 18.5. The van der Waals surface area contributed by atoms with Gasteiger partial charge in [0.15, 0.2) is 0 Å². The molecule has 1 aromatic carbocycles. The van der Waals surface area contributed by atoms with Crippen LogP contribution in [0.25, 0.3) is 0 Å². The molecule has 2 heterocycles.